The number of aromatic nitrogens is 2. The Morgan fingerprint density at radius 3 is 2.29 bits per heavy atom. The molecule has 0 spiro atoms. The van der Waals surface area contributed by atoms with Gasteiger partial charge in [0.05, 0.1) is 16.0 Å². The highest BCUT2D eigenvalue weighted by molar-refractivity contribution is 7.99. The van der Waals surface area contributed by atoms with Crippen LogP contribution >= 0.6 is 11.8 Å². The lowest BCUT2D eigenvalue weighted by atomic mass is 10.1. The highest BCUT2D eigenvalue weighted by atomic mass is 32.2. The number of fused-ring (bicyclic) bond motifs is 1. The van der Waals surface area contributed by atoms with E-state index in [0.717, 1.165) is 6.42 Å². The van der Waals surface area contributed by atoms with Crippen molar-refractivity contribution in [1.29, 1.82) is 0 Å². The summed E-state index contributed by atoms with van der Waals surface area (Å²) in [5.74, 6) is 0.423. The minimum atomic E-state index is -3.59. The number of carbonyl (C=O) groups is 2. The Morgan fingerprint density at radius 1 is 0.943 bits per heavy atom. The lowest BCUT2D eigenvalue weighted by Crippen LogP contribution is -2.30. The molecule has 0 fully saturated rings. The van der Waals surface area contributed by atoms with Crippen LogP contribution in [0.5, 0.6) is 0 Å². The third-order valence-electron chi connectivity index (χ3n) is 5.71. The molecule has 0 bridgehead atoms. The van der Waals surface area contributed by atoms with Gasteiger partial charge in [0.2, 0.25) is 15.9 Å². The fourth-order valence-electron chi connectivity index (χ4n) is 3.86. The van der Waals surface area contributed by atoms with Crippen LogP contribution in [0.15, 0.2) is 63.1 Å². The van der Waals surface area contributed by atoms with E-state index in [2.05, 4.69) is 10.2 Å². The molecule has 0 aliphatic carbocycles. The van der Waals surface area contributed by atoms with E-state index in [1.807, 2.05) is 0 Å². The molecule has 4 rings (SSSR count). The number of carbonyl (C=O) groups excluding carboxylic acids is 2. The van der Waals surface area contributed by atoms with Crippen molar-refractivity contribution in [2.24, 2.45) is 0 Å². The quantitative estimate of drug-likeness (QED) is 0.215. The SMILES string of the molecule is CCN(CC)S(=O)(=O)c1cccc(-c2nnc(SCCCCN3C(=O)c4ccccc4C3=O)o2)c1. The molecule has 0 unspecified atom stereocenters. The first-order valence-electron chi connectivity index (χ1n) is 11.4. The maximum atomic E-state index is 12.8. The van der Waals surface area contributed by atoms with E-state index < -0.39 is 10.0 Å². The number of hydrogen-bond donors (Lipinski definition) is 0. The molecule has 35 heavy (non-hydrogen) atoms. The summed E-state index contributed by atoms with van der Waals surface area (Å²) in [6.07, 6.45) is 1.40. The summed E-state index contributed by atoms with van der Waals surface area (Å²) in [4.78, 5) is 26.3. The van der Waals surface area contributed by atoms with E-state index in [1.54, 1.807) is 56.3 Å². The molecule has 1 aromatic heterocycles. The van der Waals surface area contributed by atoms with Crippen molar-refractivity contribution in [2.75, 3.05) is 25.4 Å². The molecular formula is C24H26N4O5S2. The zero-order valence-corrected chi connectivity index (χ0v) is 21.1. The van der Waals surface area contributed by atoms with E-state index in [-0.39, 0.29) is 22.6 Å². The first kappa shape index (κ1) is 25.1. The summed E-state index contributed by atoms with van der Waals surface area (Å²) in [6.45, 7) is 4.73. The second kappa shape index (κ2) is 10.7. The largest absolute Gasteiger partial charge is 0.411 e. The monoisotopic (exact) mass is 514 g/mol. The summed E-state index contributed by atoms with van der Waals surface area (Å²) >= 11 is 1.37. The van der Waals surface area contributed by atoms with E-state index >= 15 is 0 Å². The fourth-order valence-corrected chi connectivity index (χ4v) is 6.12. The summed E-state index contributed by atoms with van der Waals surface area (Å²) in [5, 5.41) is 8.47. The Hall–Kier alpha value is -3.02. The lowest BCUT2D eigenvalue weighted by Gasteiger charge is -2.18. The third-order valence-corrected chi connectivity index (χ3v) is 8.66. The van der Waals surface area contributed by atoms with E-state index in [4.69, 9.17) is 4.42 Å². The van der Waals surface area contributed by atoms with Crippen LogP contribution in [0.3, 0.4) is 0 Å². The number of benzene rings is 2. The van der Waals surface area contributed by atoms with Gasteiger partial charge in [0.1, 0.15) is 0 Å². The van der Waals surface area contributed by atoms with Crippen molar-refractivity contribution in [3.63, 3.8) is 0 Å². The number of sulfonamides is 1. The maximum absolute atomic E-state index is 12.8. The number of rotatable bonds is 11. The first-order valence-corrected chi connectivity index (χ1v) is 13.8. The van der Waals surface area contributed by atoms with Gasteiger partial charge in [-0.05, 0) is 43.2 Å². The van der Waals surface area contributed by atoms with Gasteiger partial charge in [0.15, 0.2) is 0 Å². The molecule has 0 saturated carbocycles. The van der Waals surface area contributed by atoms with Crippen LogP contribution in [0, 0.1) is 0 Å². The van der Waals surface area contributed by atoms with Gasteiger partial charge in [-0.1, -0.05) is 43.8 Å². The minimum Gasteiger partial charge on any atom is -0.411 e. The van der Waals surface area contributed by atoms with Crippen molar-refractivity contribution in [3.05, 3.63) is 59.7 Å². The summed E-state index contributed by atoms with van der Waals surface area (Å²) < 4.78 is 32.7. The van der Waals surface area contributed by atoms with E-state index in [1.165, 1.54) is 27.0 Å². The van der Waals surface area contributed by atoms with Crippen molar-refractivity contribution in [2.45, 2.75) is 36.8 Å². The standard InChI is InChI=1S/C24H26N4O5S2/c1-3-27(4-2)35(31,32)18-11-9-10-17(16-18)21-25-26-24(33-21)34-15-8-7-14-28-22(29)19-12-5-6-13-20(19)23(28)30/h5-6,9-13,16H,3-4,7-8,14-15H2,1-2H3. The predicted molar refractivity (Wildman–Crippen MR) is 132 cm³/mol. The number of hydrogen-bond acceptors (Lipinski definition) is 8. The number of thioether (sulfide) groups is 1. The Balaban J connectivity index is 1.30. The number of imide groups is 1. The molecule has 9 nitrogen and oxygen atoms in total. The normalized spacial score (nSPS) is 13.6. The van der Waals surface area contributed by atoms with E-state index in [9.17, 15) is 18.0 Å². The molecule has 0 N–H and O–H groups in total. The molecule has 1 aliphatic rings. The Labute approximate surface area is 208 Å². The van der Waals surface area contributed by atoms with Crippen LogP contribution in [0.2, 0.25) is 0 Å². The van der Waals surface area contributed by atoms with Crippen molar-refractivity contribution in [3.8, 4) is 11.5 Å². The molecule has 2 heterocycles. The summed E-state index contributed by atoms with van der Waals surface area (Å²) in [5.41, 5.74) is 1.45. The highest BCUT2D eigenvalue weighted by Crippen LogP contribution is 2.27. The second-order valence-corrected chi connectivity index (χ2v) is 10.8. The molecule has 184 valence electrons. The average Bonchev–Trinajstić information content (AvgIpc) is 3.43. The van der Waals surface area contributed by atoms with Crippen molar-refractivity contribution < 1.29 is 22.4 Å². The van der Waals surface area contributed by atoms with Gasteiger partial charge in [0.25, 0.3) is 17.0 Å². The minimum absolute atomic E-state index is 0.180. The van der Waals surface area contributed by atoms with Crippen LogP contribution in [0.4, 0.5) is 0 Å². The Morgan fingerprint density at radius 2 is 1.63 bits per heavy atom. The molecule has 3 aromatic rings. The van der Waals surface area contributed by atoms with Crippen LogP contribution < -0.4 is 0 Å². The molecular weight excluding hydrogens is 488 g/mol. The van der Waals surface area contributed by atoms with Crippen LogP contribution in [0.1, 0.15) is 47.4 Å². The van der Waals surface area contributed by atoms with Gasteiger partial charge in [-0.2, -0.15) is 4.31 Å². The van der Waals surface area contributed by atoms with Crippen molar-refractivity contribution >= 4 is 33.6 Å². The highest BCUT2D eigenvalue weighted by Gasteiger charge is 2.34. The Kier molecular flexibility index (Phi) is 7.68. The molecule has 0 saturated heterocycles. The third kappa shape index (κ3) is 5.16. The molecule has 0 radical (unpaired) electrons. The summed E-state index contributed by atoms with van der Waals surface area (Å²) in [7, 11) is -3.59. The zero-order valence-electron chi connectivity index (χ0n) is 19.5. The number of nitrogens with zero attached hydrogens (tertiary/aromatic N) is 4. The van der Waals surface area contributed by atoms with Gasteiger partial charge in [0, 0.05) is 31.0 Å². The lowest BCUT2D eigenvalue weighted by molar-refractivity contribution is 0.0652. The van der Waals surface area contributed by atoms with Gasteiger partial charge in [-0.15, -0.1) is 10.2 Å². The van der Waals surface area contributed by atoms with Crippen LogP contribution in [0.25, 0.3) is 11.5 Å². The van der Waals surface area contributed by atoms with Crippen molar-refractivity contribution in [1.82, 2.24) is 19.4 Å². The number of unbranched alkanes of at least 4 members (excludes halogenated alkanes) is 1. The van der Waals surface area contributed by atoms with Crippen LogP contribution in [-0.2, 0) is 10.0 Å². The smallest absolute Gasteiger partial charge is 0.276 e. The summed E-state index contributed by atoms with van der Waals surface area (Å²) in [6, 6.07) is 13.3. The fraction of sp³-hybridized carbons (Fsp3) is 0.333. The average molecular weight is 515 g/mol. The number of amides is 2. The molecule has 11 heteroatoms. The van der Waals surface area contributed by atoms with Crippen LogP contribution in [-0.4, -0.2) is 65.0 Å². The zero-order chi connectivity index (χ0) is 25.0. The van der Waals surface area contributed by atoms with Gasteiger partial charge >= 0.3 is 0 Å². The predicted octanol–water partition coefficient (Wildman–Crippen LogP) is 3.94. The Bertz CT molecular complexity index is 1300. The second-order valence-electron chi connectivity index (χ2n) is 7.85. The molecule has 2 amide bonds. The molecule has 0 atom stereocenters. The molecule has 1 aliphatic heterocycles. The van der Waals surface area contributed by atoms with Gasteiger partial charge in [-0.25, -0.2) is 8.42 Å². The topological polar surface area (TPSA) is 114 Å². The van der Waals surface area contributed by atoms with Gasteiger partial charge < -0.3 is 4.42 Å². The van der Waals surface area contributed by atoms with Gasteiger partial charge in [-0.3, -0.25) is 14.5 Å². The van der Waals surface area contributed by atoms with E-state index in [0.29, 0.717) is 53.7 Å². The first-order chi connectivity index (χ1) is 16.9. The molecule has 2 aromatic carbocycles. The maximum Gasteiger partial charge on any atom is 0.276 e.